The van der Waals surface area contributed by atoms with E-state index >= 15 is 0 Å². The molecule has 8 heteroatoms. The summed E-state index contributed by atoms with van der Waals surface area (Å²) in [6, 6.07) is -0.721. The van der Waals surface area contributed by atoms with Crippen molar-refractivity contribution in [2.24, 2.45) is 0 Å². The topological polar surface area (TPSA) is 102 Å². The molecule has 324 valence electrons. The van der Waals surface area contributed by atoms with Gasteiger partial charge in [0, 0.05) is 19.3 Å². The number of likely N-dealkylation sites (N-methyl/N-ethyl adjacent to an activating group) is 1. The minimum atomic E-state index is -1.12. The molecule has 0 aromatic rings. The number of aliphatic carboxylic acids is 1. The van der Waals surface area contributed by atoms with Gasteiger partial charge in [0.2, 0.25) is 0 Å². The van der Waals surface area contributed by atoms with E-state index in [1.54, 1.807) is 21.1 Å². The summed E-state index contributed by atoms with van der Waals surface area (Å²) < 4.78 is 17.2. The second-order valence-electron chi connectivity index (χ2n) is 17.0. The summed E-state index contributed by atoms with van der Waals surface area (Å²) in [5.41, 5.74) is 0. The summed E-state index contributed by atoms with van der Waals surface area (Å²) in [4.78, 5) is 36.9. The number of allylic oxidation sites excluding steroid dienone is 2. The number of carboxylic acid groups (broad SMARTS) is 1. The molecule has 0 rings (SSSR count). The molecule has 0 aliphatic heterocycles. The van der Waals surface area contributed by atoms with Crippen molar-refractivity contribution in [3.8, 4) is 0 Å². The Morgan fingerprint density at radius 1 is 0.527 bits per heavy atom. The van der Waals surface area contributed by atoms with E-state index in [0.29, 0.717) is 12.8 Å². The molecule has 0 radical (unpaired) electrons. The third-order valence-corrected chi connectivity index (χ3v) is 10.7. The van der Waals surface area contributed by atoms with E-state index in [1.807, 2.05) is 0 Å². The van der Waals surface area contributed by atoms with E-state index in [9.17, 15) is 19.5 Å². The number of hydrogen-bond donors (Lipinski definition) is 0. The van der Waals surface area contributed by atoms with Crippen LogP contribution in [0, 0.1) is 0 Å². The Morgan fingerprint density at radius 2 is 0.909 bits per heavy atom. The monoisotopic (exact) mass is 780 g/mol. The summed E-state index contributed by atoms with van der Waals surface area (Å²) in [6.45, 7) is 4.68. The zero-order valence-corrected chi connectivity index (χ0v) is 36.9. The first-order valence-electron chi connectivity index (χ1n) is 23.2. The normalized spacial score (nSPS) is 13.0. The zero-order valence-electron chi connectivity index (χ0n) is 36.9. The number of nitrogens with zero attached hydrogens (tertiary/aromatic N) is 1. The smallest absolute Gasteiger partial charge is 0.306 e. The average molecular weight is 780 g/mol. The summed E-state index contributed by atoms with van der Waals surface area (Å²) in [5, 5.41) is 11.6. The van der Waals surface area contributed by atoms with Crippen LogP contribution in [0.5, 0.6) is 0 Å². The lowest BCUT2D eigenvalue weighted by Crippen LogP contribution is -2.55. The molecule has 55 heavy (non-hydrogen) atoms. The van der Waals surface area contributed by atoms with Crippen molar-refractivity contribution in [1.82, 2.24) is 0 Å². The van der Waals surface area contributed by atoms with Gasteiger partial charge >= 0.3 is 11.9 Å². The van der Waals surface area contributed by atoms with Gasteiger partial charge in [0.05, 0.1) is 40.3 Å². The number of quaternary nitrogens is 1. The van der Waals surface area contributed by atoms with Crippen LogP contribution in [0.3, 0.4) is 0 Å². The molecule has 0 aliphatic carbocycles. The molecule has 0 fully saturated rings. The highest BCUT2D eigenvalue weighted by molar-refractivity contribution is 5.70. The molecule has 0 N–H and O–H groups in total. The summed E-state index contributed by atoms with van der Waals surface area (Å²) in [5.74, 6) is -1.72. The number of unbranched alkanes of at least 4 members (excludes halogenated alkanes) is 26. The molecule has 0 amide bonds. The van der Waals surface area contributed by atoms with Crippen LogP contribution in [0.15, 0.2) is 12.2 Å². The largest absolute Gasteiger partial charge is 0.544 e. The maximum atomic E-state index is 12.7. The van der Waals surface area contributed by atoms with Gasteiger partial charge in [-0.25, -0.2) is 0 Å². The summed E-state index contributed by atoms with van der Waals surface area (Å²) in [7, 11) is 5.42. The molecular formula is C47H89NO7. The highest BCUT2D eigenvalue weighted by atomic mass is 16.6. The average Bonchev–Trinajstić information content (AvgIpc) is 3.14. The molecule has 2 unspecified atom stereocenters. The first-order chi connectivity index (χ1) is 26.6. The Bertz CT molecular complexity index is 915. The second-order valence-corrected chi connectivity index (χ2v) is 17.0. The molecule has 0 bridgehead atoms. The van der Waals surface area contributed by atoms with Crippen LogP contribution in [0.1, 0.15) is 219 Å². The molecule has 8 nitrogen and oxygen atoms in total. The lowest BCUT2D eigenvalue weighted by atomic mass is 10.0. The maximum Gasteiger partial charge on any atom is 0.306 e. The van der Waals surface area contributed by atoms with Crippen molar-refractivity contribution in [3.05, 3.63) is 12.2 Å². The van der Waals surface area contributed by atoms with E-state index < -0.39 is 18.1 Å². The van der Waals surface area contributed by atoms with Crippen LogP contribution in [-0.2, 0) is 28.6 Å². The van der Waals surface area contributed by atoms with Crippen LogP contribution >= 0.6 is 0 Å². The lowest BCUT2D eigenvalue weighted by molar-refractivity contribution is -0.889. The van der Waals surface area contributed by atoms with Gasteiger partial charge in [-0.3, -0.25) is 9.59 Å². The van der Waals surface area contributed by atoms with Gasteiger partial charge in [-0.2, -0.15) is 0 Å². The molecule has 0 spiro atoms. The Labute approximate surface area is 339 Å². The number of hydrogen-bond acceptors (Lipinski definition) is 7. The number of rotatable bonds is 42. The Morgan fingerprint density at radius 3 is 1.33 bits per heavy atom. The fraction of sp³-hybridized carbons (Fsp3) is 0.894. The molecule has 2 atom stereocenters. The molecule has 0 aromatic heterocycles. The van der Waals surface area contributed by atoms with Crippen molar-refractivity contribution in [2.75, 3.05) is 41.0 Å². The highest BCUT2D eigenvalue weighted by Crippen LogP contribution is 2.16. The molecule has 0 saturated carbocycles. The molecule has 0 aromatic carbocycles. The van der Waals surface area contributed by atoms with Crippen molar-refractivity contribution in [3.63, 3.8) is 0 Å². The van der Waals surface area contributed by atoms with Gasteiger partial charge in [0.15, 0.2) is 6.10 Å². The first-order valence-corrected chi connectivity index (χ1v) is 23.2. The minimum Gasteiger partial charge on any atom is -0.544 e. The number of carboxylic acids is 1. The van der Waals surface area contributed by atoms with E-state index in [2.05, 4.69) is 26.0 Å². The highest BCUT2D eigenvalue weighted by Gasteiger charge is 2.25. The Balaban J connectivity index is 4.29. The van der Waals surface area contributed by atoms with Crippen LogP contribution < -0.4 is 5.11 Å². The van der Waals surface area contributed by atoms with Gasteiger partial charge in [-0.15, -0.1) is 0 Å². The van der Waals surface area contributed by atoms with Crippen LogP contribution in [0.4, 0.5) is 0 Å². The third-order valence-electron chi connectivity index (χ3n) is 10.7. The second kappa shape index (κ2) is 38.9. The fourth-order valence-electron chi connectivity index (χ4n) is 7.01. The predicted molar refractivity (Wildman–Crippen MR) is 227 cm³/mol. The Hall–Kier alpha value is -1.93. The van der Waals surface area contributed by atoms with Gasteiger partial charge < -0.3 is 28.6 Å². The third kappa shape index (κ3) is 37.4. The van der Waals surface area contributed by atoms with Gasteiger partial charge in [-0.1, -0.05) is 174 Å². The minimum absolute atomic E-state index is 0.0453. The van der Waals surface area contributed by atoms with Crippen molar-refractivity contribution in [2.45, 2.75) is 231 Å². The molecule has 0 saturated heterocycles. The molecular weight excluding hydrogens is 691 g/mol. The molecule has 0 heterocycles. The summed E-state index contributed by atoms with van der Waals surface area (Å²) >= 11 is 0. The van der Waals surface area contributed by atoms with Crippen LogP contribution in [0.2, 0.25) is 0 Å². The first kappa shape index (κ1) is 53.1. The quantitative estimate of drug-likeness (QED) is 0.0263. The SMILES string of the molecule is CCCCCC/C=C/CCCCCCCCCC(=O)OCC(COCCC(C(=O)[O-])[N+](C)(C)C)OC(=O)CCCCCCCCCCCCCCCCCC. The van der Waals surface area contributed by atoms with E-state index in [-0.39, 0.29) is 42.7 Å². The molecule has 0 aliphatic rings. The summed E-state index contributed by atoms with van der Waals surface area (Å²) in [6.07, 6.45) is 40.8. The van der Waals surface area contributed by atoms with Gasteiger partial charge in [0.1, 0.15) is 12.6 Å². The lowest BCUT2D eigenvalue weighted by Gasteiger charge is -2.34. The maximum absolute atomic E-state index is 12.7. The standard InChI is InChI=1S/C47H89NO7/c1-6-8-10-12-14-16-18-20-22-24-26-28-30-32-34-36-38-46(50)55-43(41-53-40-39-44(47(51)52)48(3,4)5)42-54-45(49)37-35-33-31-29-27-25-23-21-19-17-15-13-11-9-7-2/h17,19,43-44H,6-16,18,20-42H2,1-5H3/b19-17+. The van der Waals surface area contributed by atoms with Crippen molar-refractivity contribution >= 4 is 17.9 Å². The van der Waals surface area contributed by atoms with Gasteiger partial charge in [-0.05, 0) is 38.5 Å². The zero-order chi connectivity index (χ0) is 40.7. The van der Waals surface area contributed by atoms with E-state index in [1.165, 1.54) is 148 Å². The number of esters is 2. The van der Waals surface area contributed by atoms with Gasteiger partial charge in [0.25, 0.3) is 0 Å². The van der Waals surface area contributed by atoms with E-state index in [0.717, 1.165) is 38.5 Å². The number of carbonyl (C=O) groups excluding carboxylic acids is 3. The number of ether oxygens (including phenoxy) is 3. The van der Waals surface area contributed by atoms with Crippen molar-refractivity contribution < 1.29 is 38.2 Å². The van der Waals surface area contributed by atoms with Crippen LogP contribution in [0.25, 0.3) is 0 Å². The van der Waals surface area contributed by atoms with Crippen LogP contribution in [-0.4, -0.2) is 75.5 Å². The predicted octanol–water partition coefficient (Wildman–Crippen LogP) is 11.4. The number of carbonyl (C=O) groups is 3. The van der Waals surface area contributed by atoms with Crippen molar-refractivity contribution in [1.29, 1.82) is 0 Å². The van der Waals surface area contributed by atoms with E-state index in [4.69, 9.17) is 14.2 Å². The fourth-order valence-corrected chi connectivity index (χ4v) is 7.01. The Kier molecular flexibility index (Phi) is 37.6.